The van der Waals surface area contributed by atoms with Gasteiger partial charge in [-0.05, 0) is 12.8 Å². The summed E-state index contributed by atoms with van der Waals surface area (Å²) in [5.41, 5.74) is 0.638. The van der Waals surface area contributed by atoms with Gasteiger partial charge in [-0.2, -0.15) is 0 Å². The highest BCUT2D eigenvalue weighted by Crippen LogP contribution is 2.15. The first-order valence-electron chi connectivity index (χ1n) is 10.1. The van der Waals surface area contributed by atoms with E-state index in [1.54, 1.807) is 7.11 Å². The van der Waals surface area contributed by atoms with E-state index in [0.717, 1.165) is 12.8 Å². The fraction of sp³-hybridized carbons (Fsp3) is 0.857. The van der Waals surface area contributed by atoms with Crippen LogP contribution in [0.1, 0.15) is 103 Å². The van der Waals surface area contributed by atoms with Gasteiger partial charge in [-0.15, -0.1) is 0 Å². The lowest BCUT2D eigenvalue weighted by Gasteiger charge is -2.05. The van der Waals surface area contributed by atoms with Gasteiger partial charge < -0.3 is 9.47 Å². The number of ether oxygens (including phenoxy) is 2. The van der Waals surface area contributed by atoms with Crippen molar-refractivity contribution in [3.63, 3.8) is 0 Å². The van der Waals surface area contributed by atoms with E-state index in [1.165, 1.54) is 96.8 Å². The molecule has 0 radical (unpaired) electrons. The van der Waals surface area contributed by atoms with Gasteiger partial charge in [0.15, 0.2) is 0 Å². The van der Waals surface area contributed by atoms with Crippen LogP contribution in [0.5, 0.6) is 0 Å². The summed E-state index contributed by atoms with van der Waals surface area (Å²) in [6.45, 7) is 2.27. The molecule has 0 aromatic heterocycles. The quantitative estimate of drug-likeness (QED) is 0.130. The molecule has 0 unspecified atom stereocenters. The predicted octanol–water partition coefficient (Wildman–Crippen LogP) is 6.56. The van der Waals surface area contributed by atoms with E-state index in [-0.39, 0.29) is 5.97 Å². The van der Waals surface area contributed by atoms with Crippen LogP contribution in [0, 0.1) is 0 Å². The molecule has 0 aliphatic rings. The summed E-state index contributed by atoms with van der Waals surface area (Å²) in [5, 5.41) is 0. The summed E-state index contributed by atoms with van der Waals surface area (Å²) in [5.74, 6) is -0.272. The highest BCUT2D eigenvalue weighted by Gasteiger charge is 2.09. The standard InChI is InChI=1S/C21H40O3/c1-4-5-6-7-8-9-10-11-12-13-14-15-16-17-18-20(19-23-2)21(22)24-3/h19H,4-18H2,1-3H3. The van der Waals surface area contributed by atoms with Crippen LogP contribution in [0.15, 0.2) is 11.8 Å². The van der Waals surface area contributed by atoms with E-state index in [4.69, 9.17) is 9.47 Å². The van der Waals surface area contributed by atoms with Gasteiger partial charge in [-0.3, -0.25) is 0 Å². The molecule has 0 bridgehead atoms. The molecule has 0 fully saturated rings. The molecule has 0 rings (SSSR count). The normalized spacial score (nSPS) is 11.5. The Morgan fingerprint density at radius 1 is 0.708 bits per heavy atom. The van der Waals surface area contributed by atoms with Gasteiger partial charge in [0.05, 0.1) is 26.1 Å². The zero-order chi connectivity index (χ0) is 17.9. The average Bonchev–Trinajstić information content (AvgIpc) is 2.60. The maximum atomic E-state index is 11.5. The first-order valence-corrected chi connectivity index (χ1v) is 10.1. The molecular formula is C21H40O3. The molecule has 24 heavy (non-hydrogen) atoms. The van der Waals surface area contributed by atoms with Crippen molar-refractivity contribution in [2.45, 2.75) is 103 Å². The average molecular weight is 341 g/mol. The lowest BCUT2D eigenvalue weighted by molar-refractivity contribution is -0.136. The summed E-state index contributed by atoms with van der Waals surface area (Å²) < 4.78 is 9.68. The van der Waals surface area contributed by atoms with E-state index < -0.39 is 0 Å². The van der Waals surface area contributed by atoms with Crippen LogP contribution < -0.4 is 0 Å². The van der Waals surface area contributed by atoms with Crippen molar-refractivity contribution in [2.24, 2.45) is 0 Å². The molecule has 0 saturated heterocycles. The molecule has 0 saturated carbocycles. The molecule has 3 nitrogen and oxygen atoms in total. The van der Waals surface area contributed by atoms with E-state index in [9.17, 15) is 4.79 Å². The minimum atomic E-state index is -0.272. The third-order valence-corrected chi connectivity index (χ3v) is 4.51. The lowest BCUT2D eigenvalue weighted by Crippen LogP contribution is -2.05. The monoisotopic (exact) mass is 340 g/mol. The Kier molecular flexibility index (Phi) is 17.6. The number of unbranched alkanes of at least 4 members (excludes halogenated alkanes) is 13. The summed E-state index contributed by atoms with van der Waals surface area (Å²) in [6, 6.07) is 0. The van der Waals surface area contributed by atoms with Gasteiger partial charge in [0, 0.05) is 0 Å². The molecule has 0 N–H and O–H groups in total. The zero-order valence-corrected chi connectivity index (χ0v) is 16.4. The molecule has 0 spiro atoms. The second kappa shape index (κ2) is 18.4. The molecule has 0 atom stereocenters. The summed E-state index contributed by atoms with van der Waals surface area (Å²) in [7, 11) is 2.98. The summed E-state index contributed by atoms with van der Waals surface area (Å²) in [4.78, 5) is 11.5. The van der Waals surface area contributed by atoms with Crippen molar-refractivity contribution in [1.29, 1.82) is 0 Å². The second-order valence-electron chi connectivity index (χ2n) is 6.72. The van der Waals surface area contributed by atoms with Gasteiger partial charge in [0.1, 0.15) is 0 Å². The molecule has 0 amide bonds. The number of carbonyl (C=O) groups is 1. The van der Waals surface area contributed by atoms with E-state index >= 15 is 0 Å². The lowest BCUT2D eigenvalue weighted by atomic mass is 10.0. The molecule has 0 heterocycles. The predicted molar refractivity (Wildman–Crippen MR) is 102 cm³/mol. The smallest absolute Gasteiger partial charge is 0.336 e. The maximum Gasteiger partial charge on any atom is 0.336 e. The highest BCUT2D eigenvalue weighted by molar-refractivity contribution is 5.87. The molecule has 0 aromatic carbocycles. The Balaban J connectivity index is 3.33. The number of carbonyl (C=O) groups excluding carboxylic acids is 1. The Morgan fingerprint density at radius 2 is 1.12 bits per heavy atom. The highest BCUT2D eigenvalue weighted by atomic mass is 16.5. The number of esters is 1. The number of hydrogen-bond donors (Lipinski definition) is 0. The zero-order valence-electron chi connectivity index (χ0n) is 16.4. The number of rotatable bonds is 17. The molecule has 3 heteroatoms. The minimum absolute atomic E-state index is 0.272. The van der Waals surface area contributed by atoms with E-state index in [0.29, 0.717) is 5.57 Å². The van der Waals surface area contributed by atoms with Crippen molar-refractivity contribution >= 4 is 5.97 Å². The molecule has 142 valence electrons. The molecule has 0 aliphatic carbocycles. The Bertz CT molecular complexity index is 310. The third-order valence-electron chi connectivity index (χ3n) is 4.51. The second-order valence-corrected chi connectivity index (χ2v) is 6.72. The largest absolute Gasteiger partial charge is 0.504 e. The first-order chi connectivity index (χ1) is 11.8. The maximum absolute atomic E-state index is 11.5. The van der Waals surface area contributed by atoms with Crippen molar-refractivity contribution in [3.8, 4) is 0 Å². The SMILES string of the molecule is CCCCCCCCCCCCCCCCC(=COC)C(=O)OC. The number of hydrogen-bond acceptors (Lipinski definition) is 3. The summed E-state index contributed by atoms with van der Waals surface area (Å²) in [6.07, 6.45) is 21.0. The minimum Gasteiger partial charge on any atom is -0.504 e. The molecule has 0 aromatic rings. The Hall–Kier alpha value is -0.990. The van der Waals surface area contributed by atoms with Crippen molar-refractivity contribution < 1.29 is 14.3 Å². The van der Waals surface area contributed by atoms with Gasteiger partial charge >= 0.3 is 5.97 Å². The van der Waals surface area contributed by atoms with Crippen LogP contribution in [0.2, 0.25) is 0 Å². The first kappa shape index (κ1) is 23.0. The van der Waals surface area contributed by atoms with Crippen LogP contribution in [0.4, 0.5) is 0 Å². The van der Waals surface area contributed by atoms with Crippen molar-refractivity contribution in [3.05, 3.63) is 11.8 Å². The fourth-order valence-corrected chi connectivity index (χ4v) is 2.99. The molecular weight excluding hydrogens is 300 g/mol. The molecule has 0 aliphatic heterocycles. The Morgan fingerprint density at radius 3 is 1.50 bits per heavy atom. The summed E-state index contributed by atoms with van der Waals surface area (Å²) >= 11 is 0. The topological polar surface area (TPSA) is 35.5 Å². The van der Waals surface area contributed by atoms with Crippen LogP contribution in [0.3, 0.4) is 0 Å². The van der Waals surface area contributed by atoms with Gasteiger partial charge in [0.2, 0.25) is 0 Å². The van der Waals surface area contributed by atoms with Crippen molar-refractivity contribution in [2.75, 3.05) is 14.2 Å². The van der Waals surface area contributed by atoms with E-state index in [1.807, 2.05) is 0 Å². The number of methoxy groups -OCH3 is 2. The van der Waals surface area contributed by atoms with Gasteiger partial charge in [-0.25, -0.2) is 4.79 Å². The Labute approximate surface area is 150 Å². The van der Waals surface area contributed by atoms with Crippen LogP contribution >= 0.6 is 0 Å². The van der Waals surface area contributed by atoms with Crippen LogP contribution in [-0.4, -0.2) is 20.2 Å². The van der Waals surface area contributed by atoms with Gasteiger partial charge in [-0.1, -0.05) is 90.4 Å². The fourth-order valence-electron chi connectivity index (χ4n) is 2.99. The third kappa shape index (κ3) is 14.6. The van der Waals surface area contributed by atoms with E-state index in [2.05, 4.69) is 6.92 Å². The van der Waals surface area contributed by atoms with Gasteiger partial charge in [0.25, 0.3) is 0 Å². The van der Waals surface area contributed by atoms with Crippen LogP contribution in [0.25, 0.3) is 0 Å². The van der Waals surface area contributed by atoms with Crippen LogP contribution in [-0.2, 0) is 14.3 Å². The van der Waals surface area contributed by atoms with Crippen molar-refractivity contribution in [1.82, 2.24) is 0 Å².